The van der Waals surface area contributed by atoms with Gasteiger partial charge in [-0.15, -0.1) is 0 Å². The molecule has 134 valence electrons. The monoisotopic (exact) mass is 359 g/mol. The van der Waals surface area contributed by atoms with Gasteiger partial charge in [0.1, 0.15) is 0 Å². The van der Waals surface area contributed by atoms with E-state index in [0.717, 1.165) is 11.1 Å². The number of hydrogen-bond acceptors (Lipinski definition) is 3. The van der Waals surface area contributed by atoms with Crippen LogP contribution >= 0.6 is 0 Å². The smallest absolute Gasteiger partial charge is 0.212 e. The second kappa shape index (κ2) is 8.13. The van der Waals surface area contributed by atoms with E-state index in [1.807, 2.05) is 61.5 Å². The molecule has 1 saturated heterocycles. The quantitative estimate of drug-likeness (QED) is 0.860. The molecule has 1 aliphatic rings. The summed E-state index contributed by atoms with van der Waals surface area (Å²) in [7, 11) is -3.30. The van der Waals surface area contributed by atoms with E-state index in [4.69, 9.17) is 4.74 Å². The van der Waals surface area contributed by atoms with Gasteiger partial charge in [-0.1, -0.05) is 60.2 Å². The van der Waals surface area contributed by atoms with Crippen LogP contribution in [-0.4, -0.2) is 26.8 Å². The Bertz CT molecular complexity index is 772. The molecule has 0 radical (unpaired) electrons. The Hall–Kier alpha value is -1.69. The van der Waals surface area contributed by atoms with Crippen molar-refractivity contribution in [3.05, 3.63) is 71.3 Å². The van der Waals surface area contributed by atoms with Crippen LogP contribution in [0.2, 0.25) is 0 Å². The van der Waals surface area contributed by atoms with E-state index in [1.54, 1.807) is 0 Å². The normalized spacial score (nSPS) is 21.2. The lowest BCUT2D eigenvalue weighted by atomic mass is 9.98. The Kier molecular flexibility index (Phi) is 5.89. The van der Waals surface area contributed by atoms with Gasteiger partial charge < -0.3 is 4.74 Å². The molecule has 0 bridgehead atoms. The largest absolute Gasteiger partial charge is 0.373 e. The lowest BCUT2D eigenvalue weighted by molar-refractivity contribution is 0.00405. The second-order valence-electron chi connectivity index (χ2n) is 6.66. The number of hydrogen-bond donors (Lipinski definition) is 1. The molecule has 0 amide bonds. The first-order chi connectivity index (χ1) is 12.0. The van der Waals surface area contributed by atoms with Crippen molar-refractivity contribution in [2.75, 3.05) is 12.4 Å². The number of rotatable bonds is 6. The number of sulfonamides is 1. The third-order valence-corrected chi connectivity index (χ3v) is 6.02. The summed E-state index contributed by atoms with van der Waals surface area (Å²) in [6.45, 7) is 2.60. The molecule has 1 heterocycles. The van der Waals surface area contributed by atoms with E-state index in [2.05, 4.69) is 4.72 Å². The maximum absolute atomic E-state index is 12.4. The van der Waals surface area contributed by atoms with Crippen LogP contribution in [-0.2, 0) is 21.2 Å². The molecule has 25 heavy (non-hydrogen) atoms. The van der Waals surface area contributed by atoms with E-state index in [1.165, 1.54) is 5.56 Å². The van der Waals surface area contributed by atoms with Gasteiger partial charge >= 0.3 is 0 Å². The number of ether oxygens (including phenoxy) is 1. The standard InChI is InChI=1S/C20H25NO3S/c1-16-7-9-17(10-8-16)12-14-25(22,23)21-19-11-13-24-20(15-19)18-5-3-2-4-6-18/h2-10,19-21H,11-15H2,1H3. The summed E-state index contributed by atoms with van der Waals surface area (Å²) in [4.78, 5) is 0. The molecule has 2 atom stereocenters. The molecule has 2 aromatic rings. The summed E-state index contributed by atoms with van der Waals surface area (Å²) >= 11 is 0. The summed E-state index contributed by atoms with van der Waals surface area (Å²) < 4.78 is 33.5. The van der Waals surface area contributed by atoms with Gasteiger partial charge in [0.05, 0.1) is 11.9 Å². The van der Waals surface area contributed by atoms with E-state index < -0.39 is 10.0 Å². The summed E-state index contributed by atoms with van der Waals surface area (Å²) in [5.74, 6) is 0.115. The molecule has 5 heteroatoms. The van der Waals surface area contributed by atoms with E-state index in [-0.39, 0.29) is 17.9 Å². The number of aryl methyl sites for hydroxylation is 2. The van der Waals surface area contributed by atoms with E-state index in [9.17, 15) is 8.42 Å². The van der Waals surface area contributed by atoms with Crippen LogP contribution in [0.1, 0.15) is 35.6 Å². The average Bonchev–Trinajstić information content (AvgIpc) is 2.62. The summed E-state index contributed by atoms with van der Waals surface area (Å²) in [6.07, 6.45) is 1.88. The van der Waals surface area contributed by atoms with Crippen molar-refractivity contribution in [3.8, 4) is 0 Å². The number of benzene rings is 2. The van der Waals surface area contributed by atoms with Crippen LogP contribution in [0, 0.1) is 6.92 Å². The third kappa shape index (κ3) is 5.39. The van der Waals surface area contributed by atoms with Crippen molar-refractivity contribution >= 4 is 10.0 Å². The van der Waals surface area contributed by atoms with Gasteiger partial charge in [-0.2, -0.15) is 0 Å². The van der Waals surface area contributed by atoms with Gasteiger partial charge in [0.2, 0.25) is 10.0 Å². The molecule has 2 unspecified atom stereocenters. The van der Waals surface area contributed by atoms with Crippen LogP contribution in [0.4, 0.5) is 0 Å². The fourth-order valence-electron chi connectivity index (χ4n) is 3.12. The van der Waals surface area contributed by atoms with Crippen LogP contribution in [0.15, 0.2) is 54.6 Å². The van der Waals surface area contributed by atoms with Crippen LogP contribution < -0.4 is 4.72 Å². The Labute approximate surface area is 150 Å². The molecule has 1 fully saturated rings. The maximum Gasteiger partial charge on any atom is 0.212 e. The first-order valence-electron chi connectivity index (χ1n) is 8.74. The zero-order valence-corrected chi connectivity index (χ0v) is 15.3. The predicted molar refractivity (Wildman–Crippen MR) is 100.0 cm³/mol. The SMILES string of the molecule is Cc1ccc(CCS(=O)(=O)NC2CCOC(c3ccccc3)C2)cc1. The molecule has 4 nitrogen and oxygen atoms in total. The van der Waals surface area contributed by atoms with Crippen molar-refractivity contribution in [3.63, 3.8) is 0 Å². The lowest BCUT2D eigenvalue weighted by Crippen LogP contribution is -2.41. The van der Waals surface area contributed by atoms with Gasteiger partial charge in [-0.05, 0) is 37.3 Å². The van der Waals surface area contributed by atoms with Gasteiger partial charge in [0.15, 0.2) is 0 Å². The summed E-state index contributed by atoms with van der Waals surface area (Å²) in [6, 6.07) is 17.9. The van der Waals surface area contributed by atoms with Gasteiger partial charge in [-0.3, -0.25) is 0 Å². The fourth-order valence-corrected chi connectivity index (χ4v) is 4.47. The fraction of sp³-hybridized carbons (Fsp3) is 0.400. The van der Waals surface area contributed by atoms with Crippen molar-refractivity contribution < 1.29 is 13.2 Å². The minimum atomic E-state index is -3.30. The highest BCUT2D eigenvalue weighted by atomic mass is 32.2. The van der Waals surface area contributed by atoms with Crippen molar-refractivity contribution in [1.82, 2.24) is 4.72 Å². The molecule has 0 aromatic heterocycles. The molecular weight excluding hydrogens is 334 g/mol. The maximum atomic E-state index is 12.4. The Morgan fingerprint density at radius 2 is 1.80 bits per heavy atom. The molecule has 2 aromatic carbocycles. The highest BCUT2D eigenvalue weighted by Gasteiger charge is 2.27. The zero-order valence-electron chi connectivity index (χ0n) is 14.5. The third-order valence-electron chi connectivity index (χ3n) is 4.58. The van der Waals surface area contributed by atoms with Gasteiger partial charge in [-0.25, -0.2) is 13.1 Å². The Morgan fingerprint density at radius 3 is 2.52 bits per heavy atom. The topological polar surface area (TPSA) is 55.4 Å². The molecule has 0 aliphatic carbocycles. The molecule has 0 saturated carbocycles. The summed E-state index contributed by atoms with van der Waals surface area (Å²) in [5, 5.41) is 0. The summed E-state index contributed by atoms with van der Waals surface area (Å²) in [5.41, 5.74) is 3.33. The highest BCUT2D eigenvalue weighted by molar-refractivity contribution is 7.89. The molecular formula is C20H25NO3S. The van der Waals surface area contributed by atoms with Crippen LogP contribution in [0.5, 0.6) is 0 Å². The van der Waals surface area contributed by atoms with Gasteiger partial charge in [0.25, 0.3) is 0 Å². The Morgan fingerprint density at radius 1 is 1.08 bits per heavy atom. The van der Waals surface area contributed by atoms with Crippen molar-refractivity contribution in [1.29, 1.82) is 0 Å². The average molecular weight is 359 g/mol. The molecule has 1 aliphatic heterocycles. The van der Waals surface area contributed by atoms with E-state index >= 15 is 0 Å². The Balaban J connectivity index is 1.55. The molecule has 0 spiro atoms. The second-order valence-corrected chi connectivity index (χ2v) is 8.54. The van der Waals surface area contributed by atoms with Crippen molar-refractivity contribution in [2.24, 2.45) is 0 Å². The lowest BCUT2D eigenvalue weighted by Gasteiger charge is -2.30. The van der Waals surface area contributed by atoms with Crippen molar-refractivity contribution in [2.45, 2.75) is 38.3 Å². The molecule has 1 N–H and O–H groups in total. The minimum Gasteiger partial charge on any atom is -0.373 e. The first kappa shape index (κ1) is 18.1. The van der Waals surface area contributed by atoms with E-state index in [0.29, 0.717) is 25.9 Å². The minimum absolute atomic E-state index is 0.0419. The van der Waals surface area contributed by atoms with Crippen LogP contribution in [0.3, 0.4) is 0 Å². The first-order valence-corrected chi connectivity index (χ1v) is 10.4. The van der Waals surface area contributed by atoms with Crippen LogP contribution in [0.25, 0.3) is 0 Å². The molecule has 3 rings (SSSR count). The predicted octanol–water partition coefficient (Wildman–Crippen LogP) is 3.38. The highest BCUT2D eigenvalue weighted by Crippen LogP contribution is 2.28. The van der Waals surface area contributed by atoms with Gasteiger partial charge in [0, 0.05) is 12.6 Å². The number of nitrogens with one attached hydrogen (secondary N) is 1. The zero-order chi connectivity index (χ0) is 17.7.